The van der Waals surface area contributed by atoms with Crippen molar-refractivity contribution in [3.05, 3.63) is 42.0 Å². The molecule has 1 aromatic carbocycles. The molecule has 0 bridgehead atoms. The Morgan fingerprint density at radius 1 is 1.35 bits per heavy atom. The van der Waals surface area contributed by atoms with Crippen LogP contribution in [0.25, 0.3) is 6.08 Å². The smallest absolute Gasteiger partial charge is 0.328 e. The van der Waals surface area contributed by atoms with Gasteiger partial charge in [0, 0.05) is 12.5 Å². The fourth-order valence-corrected chi connectivity index (χ4v) is 1.58. The van der Waals surface area contributed by atoms with Gasteiger partial charge in [0.1, 0.15) is 6.04 Å². The lowest BCUT2D eigenvalue weighted by atomic mass is 10.2. The molecule has 4 nitrogen and oxygen atoms in total. The van der Waals surface area contributed by atoms with Crippen molar-refractivity contribution in [1.82, 2.24) is 5.32 Å². The van der Waals surface area contributed by atoms with E-state index in [1.165, 1.54) is 6.08 Å². The van der Waals surface area contributed by atoms with Crippen LogP contribution in [0, 0.1) is 0 Å². The lowest BCUT2D eigenvalue weighted by molar-refractivity contribution is -0.140. The largest absolute Gasteiger partial charge is 0.464 e. The summed E-state index contributed by atoms with van der Waals surface area (Å²) in [4.78, 5) is 22.6. The summed E-state index contributed by atoms with van der Waals surface area (Å²) in [6.45, 7) is 0.381. The second-order valence-corrected chi connectivity index (χ2v) is 3.76. The predicted octanol–water partition coefficient (Wildman–Crippen LogP) is 1.13. The minimum absolute atomic E-state index is 0.280. The maximum Gasteiger partial charge on any atom is 0.328 e. The Balaban J connectivity index is 1.89. The van der Waals surface area contributed by atoms with Gasteiger partial charge in [0.2, 0.25) is 5.91 Å². The molecule has 0 aromatic heterocycles. The Bertz CT molecular complexity index is 439. The van der Waals surface area contributed by atoms with Crippen LogP contribution >= 0.6 is 0 Å². The summed E-state index contributed by atoms with van der Waals surface area (Å²) < 4.78 is 4.75. The fourth-order valence-electron chi connectivity index (χ4n) is 1.58. The zero-order chi connectivity index (χ0) is 12.1. The predicted molar refractivity (Wildman–Crippen MR) is 63.0 cm³/mol. The van der Waals surface area contributed by atoms with Gasteiger partial charge < -0.3 is 10.1 Å². The molecule has 0 radical (unpaired) electrons. The third-order valence-corrected chi connectivity index (χ3v) is 2.48. The second-order valence-electron chi connectivity index (χ2n) is 3.76. The van der Waals surface area contributed by atoms with Gasteiger partial charge in [-0.2, -0.15) is 0 Å². The molecule has 1 atom stereocenters. The first-order chi connectivity index (χ1) is 8.25. The molecule has 17 heavy (non-hydrogen) atoms. The monoisotopic (exact) mass is 231 g/mol. The third kappa shape index (κ3) is 3.17. The van der Waals surface area contributed by atoms with E-state index in [0.717, 1.165) is 5.56 Å². The van der Waals surface area contributed by atoms with Crippen molar-refractivity contribution < 1.29 is 14.3 Å². The van der Waals surface area contributed by atoms with E-state index in [-0.39, 0.29) is 11.9 Å². The Labute approximate surface area is 99.3 Å². The molecule has 0 spiro atoms. The molecular formula is C13H13NO3. The highest BCUT2D eigenvalue weighted by atomic mass is 16.5. The summed E-state index contributed by atoms with van der Waals surface area (Å²) in [6.07, 6.45) is 3.67. The first-order valence-electron chi connectivity index (χ1n) is 5.46. The average molecular weight is 231 g/mol. The summed E-state index contributed by atoms with van der Waals surface area (Å²) in [5.74, 6) is -0.635. The lowest BCUT2D eigenvalue weighted by Crippen LogP contribution is -2.36. The van der Waals surface area contributed by atoms with Crippen LogP contribution in [-0.2, 0) is 14.3 Å². The summed E-state index contributed by atoms with van der Waals surface area (Å²) >= 11 is 0. The molecule has 1 aromatic rings. The zero-order valence-electron chi connectivity index (χ0n) is 9.26. The van der Waals surface area contributed by atoms with E-state index in [1.807, 2.05) is 30.3 Å². The number of hydrogen-bond acceptors (Lipinski definition) is 3. The standard InChI is InChI=1S/C13H13NO3/c15-12(14-11-8-9-17-13(11)16)7-6-10-4-2-1-3-5-10/h1-7,11H,8-9H2,(H,14,15). The highest BCUT2D eigenvalue weighted by Gasteiger charge is 2.27. The average Bonchev–Trinajstić information content (AvgIpc) is 2.74. The number of esters is 1. The first-order valence-corrected chi connectivity index (χ1v) is 5.46. The van der Waals surface area contributed by atoms with Crippen molar-refractivity contribution >= 4 is 18.0 Å². The zero-order valence-corrected chi connectivity index (χ0v) is 9.26. The molecule has 0 aliphatic carbocycles. The number of nitrogens with one attached hydrogen (secondary N) is 1. The normalized spacial score (nSPS) is 19.3. The number of hydrogen-bond donors (Lipinski definition) is 1. The number of amides is 1. The minimum Gasteiger partial charge on any atom is -0.464 e. The molecule has 0 saturated carbocycles. The number of carbonyl (C=O) groups is 2. The second kappa shape index (κ2) is 5.30. The molecule has 1 saturated heterocycles. The van der Waals surface area contributed by atoms with Gasteiger partial charge in [0.25, 0.3) is 0 Å². The molecule has 1 aliphatic rings. The molecule has 1 fully saturated rings. The van der Waals surface area contributed by atoms with Crippen molar-refractivity contribution in [2.45, 2.75) is 12.5 Å². The summed E-state index contributed by atoms with van der Waals surface area (Å²) in [5, 5.41) is 2.60. The van der Waals surface area contributed by atoms with Crippen molar-refractivity contribution in [2.24, 2.45) is 0 Å². The van der Waals surface area contributed by atoms with Crippen molar-refractivity contribution in [3.8, 4) is 0 Å². The number of cyclic esters (lactones) is 1. The van der Waals surface area contributed by atoms with Crippen LogP contribution in [-0.4, -0.2) is 24.5 Å². The highest BCUT2D eigenvalue weighted by Crippen LogP contribution is 2.06. The van der Waals surface area contributed by atoms with Crippen molar-refractivity contribution in [1.29, 1.82) is 0 Å². The summed E-state index contributed by atoms with van der Waals surface area (Å²) in [5.41, 5.74) is 0.941. The van der Waals surface area contributed by atoms with Crippen LogP contribution in [0.2, 0.25) is 0 Å². The van der Waals surface area contributed by atoms with Gasteiger partial charge in [0.15, 0.2) is 0 Å². The molecule has 1 amide bonds. The SMILES string of the molecule is O=C(C=Cc1ccccc1)NC1CCOC1=O. The number of carbonyl (C=O) groups excluding carboxylic acids is 2. The Morgan fingerprint density at radius 3 is 2.76 bits per heavy atom. The van der Waals surface area contributed by atoms with Crippen LogP contribution in [0.1, 0.15) is 12.0 Å². The van der Waals surface area contributed by atoms with E-state index in [9.17, 15) is 9.59 Å². The molecule has 88 valence electrons. The topological polar surface area (TPSA) is 55.4 Å². The Hall–Kier alpha value is -2.10. The van der Waals surface area contributed by atoms with Gasteiger partial charge in [-0.25, -0.2) is 4.79 Å². The maximum absolute atomic E-state index is 11.5. The molecule has 1 aliphatic heterocycles. The van der Waals surface area contributed by atoms with Crippen LogP contribution in [0.4, 0.5) is 0 Å². The number of ether oxygens (including phenoxy) is 1. The van der Waals surface area contributed by atoms with E-state index >= 15 is 0 Å². The summed E-state index contributed by atoms with van der Waals surface area (Å²) in [7, 11) is 0. The molecular weight excluding hydrogens is 218 g/mol. The van der Waals surface area contributed by atoms with Gasteiger partial charge in [-0.1, -0.05) is 30.3 Å². The van der Waals surface area contributed by atoms with E-state index in [2.05, 4.69) is 5.32 Å². The molecule has 4 heteroatoms. The molecule has 1 heterocycles. The van der Waals surface area contributed by atoms with Crippen LogP contribution in [0.5, 0.6) is 0 Å². The number of benzene rings is 1. The van der Waals surface area contributed by atoms with Crippen molar-refractivity contribution in [2.75, 3.05) is 6.61 Å². The van der Waals surface area contributed by atoms with Crippen molar-refractivity contribution in [3.63, 3.8) is 0 Å². The van der Waals surface area contributed by atoms with Gasteiger partial charge in [-0.15, -0.1) is 0 Å². The van der Waals surface area contributed by atoms with Gasteiger partial charge >= 0.3 is 5.97 Å². The van der Waals surface area contributed by atoms with Crippen LogP contribution < -0.4 is 5.32 Å². The third-order valence-electron chi connectivity index (χ3n) is 2.48. The Morgan fingerprint density at radius 2 is 2.12 bits per heavy atom. The first kappa shape index (κ1) is 11.4. The number of rotatable bonds is 3. The van der Waals surface area contributed by atoms with E-state index < -0.39 is 6.04 Å². The van der Waals surface area contributed by atoms with E-state index in [4.69, 9.17) is 4.74 Å². The van der Waals surface area contributed by atoms with Crippen LogP contribution in [0.3, 0.4) is 0 Å². The lowest BCUT2D eigenvalue weighted by Gasteiger charge is -2.05. The van der Waals surface area contributed by atoms with Gasteiger partial charge in [-0.05, 0) is 11.6 Å². The van der Waals surface area contributed by atoms with E-state index in [0.29, 0.717) is 13.0 Å². The quantitative estimate of drug-likeness (QED) is 0.626. The molecule has 2 rings (SSSR count). The summed E-state index contributed by atoms with van der Waals surface area (Å²) in [6, 6.07) is 8.99. The molecule has 1 N–H and O–H groups in total. The Kier molecular flexibility index (Phi) is 3.55. The van der Waals surface area contributed by atoms with Gasteiger partial charge in [-0.3, -0.25) is 4.79 Å². The van der Waals surface area contributed by atoms with Crippen LogP contribution in [0.15, 0.2) is 36.4 Å². The van der Waals surface area contributed by atoms with Gasteiger partial charge in [0.05, 0.1) is 6.61 Å². The molecule has 1 unspecified atom stereocenters. The highest BCUT2D eigenvalue weighted by molar-refractivity contribution is 5.94. The van der Waals surface area contributed by atoms with E-state index in [1.54, 1.807) is 6.08 Å². The fraction of sp³-hybridized carbons (Fsp3) is 0.231. The minimum atomic E-state index is -0.497. The maximum atomic E-state index is 11.5.